The summed E-state index contributed by atoms with van der Waals surface area (Å²) in [6.07, 6.45) is 5.80. The summed E-state index contributed by atoms with van der Waals surface area (Å²) < 4.78 is 5.61. The maximum Gasteiger partial charge on any atom is 0.115 e. The number of furan rings is 1. The van der Waals surface area contributed by atoms with Gasteiger partial charge in [0.1, 0.15) is 11.5 Å². The van der Waals surface area contributed by atoms with Crippen LogP contribution in [0.15, 0.2) is 16.6 Å². The summed E-state index contributed by atoms with van der Waals surface area (Å²) in [5.74, 6) is 3.80. The highest BCUT2D eigenvalue weighted by Crippen LogP contribution is 2.53. The zero-order valence-corrected chi connectivity index (χ0v) is 6.50. The van der Waals surface area contributed by atoms with E-state index < -0.39 is 0 Å². The summed E-state index contributed by atoms with van der Waals surface area (Å²) in [5.41, 5.74) is 1.31. The molecule has 2 unspecified atom stereocenters. The van der Waals surface area contributed by atoms with Gasteiger partial charge >= 0.3 is 0 Å². The maximum atomic E-state index is 5.61. The first-order chi connectivity index (χ1) is 5.34. The summed E-state index contributed by atoms with van der Waals surface area (Å²) in [4.78, 5) is 0. The summed E-state index contributed by atoms with van der Waals surface area (Å²) in [7, 11) is 0. The van der Waals surface area contributed by atoms with Crippen molar-refractivity contribution in [1.82, 2.24) is 0 Å². The zero-order chi connectivity index (χ0) is 7.42. The third-order valence-electron chi connectivity index (χ3n) is 2.61. The third kappa shape index (κ3) is 0.657. The third-order valence-corrected chi connectivity index (χ3v) is 2.61. The van der Waals surface area contributed by atoms with Crippen LogP contribution in [0.2, 0.25) is 0 Å². The molecule has 1 aromatic rings. The molecule has 0 amide bonds. The van der Waals surface area contributed by atoms with Gasteiger partial charge in [-0.15, -0.1) is 0 Å². The van der Waals surface area contributed by atoms with E-state index in [0.29, 0.717) is 0 Å². The van der Waals surface area contributed by atoms with E-state index in [1.807, 2.05) is 6.92 Å². The fraction of sp³-hybridized carbons (Fsp3) is 0.400. The van der Waals surface area contributed by atoms with Crippen LogP contribution in [0, 0.1) is 12.8 Å². The predicted octanol–water partition coefficient (Wildman–Crippen LogP) is 2.72. The molecule has 0 N–H and O–H groups in total. The average Bonchev–Trinajstić information content (AvgIpc) is 2.67. The molecule has 1 saturated carbocycles. The lowest BCUT2D eigenvalue weighted by molar-refractivity contribution is 0.480. The van der Waals surface area contributed by atoms with Crippen molar-refractivity contribution in [3.05, 3.63) is 29.2 Å². The highest BCUT2D eigenvalue weighted by Gasteiger charge is 2.42. The van der Waals surface area contributed by atoms with Crippen molar-refractivity contribution in [2.45, 2.75) is 19.3 Å². The smallest absolute Gasteiger partial charge is 0.115 e. The Morgan fingerprint density at radius 1 is 1.55 bits per heavy atom. The van der Waals surface area contributed by atoms with Gasteiger partial charge in [-0.05, 0) is 25.3 Å². The van der Waals surface area contributed by atoms with Gasteiger partial charge in [0.2, 0.25) is 0 Å². The molecular formula is C10H10O. The van der Waals surface area contributed by atoms with Crippen LogP contribution in [0.5, 0.6) is 0 Å². The molecule has 0 bridgehead atoms. The van der Waals surface area contributed by atoms with Gasteiger partial charge in [-0.3, -0.25) is 0 Å². The van der Waals surface area contributed by atoms with Crippen molar-refractivity contribution in [3.63, 3.8) is 0 Å². The van der Waals surface area contributed by atoms with E-state index in [2.05, 4.69) is 18.2 Å². The SMILES string of the molecule is Cc1cc2c(o1)C1CC1C=C2. The second kappa shape index (κ2) is 1.60. The first-order valence-electron chi connectivity index (χ1n) is 4.13. The average molecular weight is 146 g/mol. The zero-order valence-electron chi connectivity index (χ0n) is 6.50. The molecule has 0 spiro atoms. The van der Waals surface area contributed by atoms with Crippen molar-refractivity contribution in [2.24, 2.45) is 5.92 Å². The van der Waals surface area contributed by atoms with E-state index in [4.69, 9.17) is 4.42 Å². The normalized spacial score (nSPS) is 31.4. The summed E-state index contributed by atoms with van der Waals surface area (Å²) in [5, 5.41) is 0. The lowest BCUT2D eigenvalue weighted by Gasteiger charge is -1.99. The molecule has 1 heteroatoms. The van der Waals surface area contributed by atoms with Gasteiger partial charge < -0.3 is 4.42 Å². The Bertz CT molecular complexity index is 333. The molecule has 1 heterocycles. The number of hydrogen-bond acceptors (Lipinski definition) is 1. The minimum atomic E-state index is 0.726. The Morgan fingerprint density at radius 2 is 2.45 bits per heavy atom. The summed E-state index contributed by atoms with van der Waals surface area (Å²) in [6.45, 7) is 2.02. The molecular weight excluding hydrogens is 136 g/mol. The van der Waals surface area contributed by atoms with Crippen LogP contribution in [0.4, 0.5) is 0 Å². The van der Waals surface area contributed by atoms with Crippen LogP contribution in [0.1, 0.15) is 29.4 Å². The van der Waals surface area contributed by atoms with E-state index in [1.54, 1.807) is 0 Å². The fourth-order valence-electron chi connectivity index (χ4n) is 1.93. The minimum absolute atomic E-state index is 0.726. The molecule has 2 aliphatic rings. The molecule has 1 nitrogen and oxygen atoms in total. The predicted molar refractivity (Wildman–Crippen MR) is 43.3 cm³/mol. The van der Waals surface area contributed by atoms with Crippen LogP contribution in [-0.4, -0.2) is 0 Å². The number of allylic oxidation sites excluding steroid dienone is 1. The quantitative estimate of drug-likeness (QED) is 0.548. The Kier molecular flexibility index (Phi) is 0.823. The van der Waals surface area contributed by atoms with Crippen LogP contribution < -0.4 is 0 Å². The standard InChI is InChI=1S/C10H10O/c1-6-4-8-3-2-7-5-9(7)10(8)11-6/h2-4,7,9H,5H2,1H3. The molecule has 0 radical (unpaired) electrons. The van der Waals surface area contributed by atoms with E-state index >= 15 is 0 Å². The lowest BCUT2D eigenvalue weighted by atomic mass is 10.1. The van der Waals surface area contributed by atoms with E-state index in [-0.39, 0.29) is 0 Å². The van der Waals surface area contributed by atoms with Gasteiger partial charge in [0.15, 0.2) is 0 Å². The number of fused-ring (bicyclic) bond motifs is 3. The van der Waals surface area contributed by atoms with Crippen LogP contribution in [-0.2, 0) is 0 Å². The van der Waals surface area contributed by atoms with Crippen molar-refractivity contribution in [1.29, 1.82) is 0 Å². The maximum absolute atomic E-state index is 5.61. The molecule has 1 aromatic heterocycles. The van der Waals surface area contributed by atoms with Crippen LogP contribution >= 0.6 is 0 Å². The van der Waals surface area contributed by atoms with Gasteiger partial charge in [0, 0.05) is 11.5 Å². The van der Waals surface area contributed by atoms with E-state index in [9.17, 15) is 0 Å². The Morgan fingerprint density at radius 3 is 3.36 bits per heavy atom. The van der Waals surface area contributed by atoms with Crippen molar-refractivity contribution in [2.75, 3.05) is 0 Å². The van der Waals surface area contributed by atoms with Crippen LogP contribution in [0.25, 0.3) is 6.08 Å². The number of rotatable bonds is 0. The number of aryl methyl sites for hydroxylation is 1. The monoisotopic (exact) mass is 146 g/mol. The molecule has 0 aliphatic heterocycles. The van der Waals surface area contributed by atoms with Crippen LogP contribution in [0.3, 0.4) is 0 Å². The Hall–Kier alpha value is -0.980. The molecule has 3 rings (SSSR count). The second-order valence-corrected chi connectivity index (χ2v) is 3.54. The topological polar surface area (TPSA) is 13.1 Å². The Balaban J connectivity index is 2.23. The lowest BCUT2D eigenvalue weighted by Crippen LogP contribution is -1.85. The minimum Gasteiger partial charge on any atom is -0.465 e. The van der Waals surface area contributed by atoms with Crippen molar-refractivity contribution >= 4 is 6.08 Å². The highest BCUT2D eigenvalue weighted by molar-refractivity contribution is 5.58. The van der Waals surface area contributed by atoms with Gasteiger partial charge in [-0.25, -0.2) is 0 Å². The molecule has 0 saturated heterocycles. The Labute approximate surface area is 65.7 Å². The van der Waals surface area contributed by atoms with Gasteiger partial charge in [-0.2, -0.15) is 0 Å². The van der Waals surface area contributed by atoms with E-state index in [1.165, 1.54) is 17.7 Å². The largest absolute Gasteiger partial charge is 0.465 e. The first kappa shape index (κ1) is 5.64. The molecule has 0 aromatic carbocycles. The molecule has 1 fully saturated rings. The molecule has 2 atom stereocenters. The van der Waals surface area contributed by atoms with Gasteiger partial charge in [0.05, 0.1) is 0 Å². The van der Waals surface area contributed by atoms with E-state index in [0.717, 1.165) is 17.6 Å². The summed E-state index contributed by atoms with van der Waals surface area (Å²) in [6, 6.07) is 2.13. The molecule has 2 aliphatic carbocycles. The number of hydrogen-bond donors (Lipinski definition) is 0. The molecule has 11 heavy (non-hydrogen) atoms. The highest BCUT2D eigenvalue weighted by atomic mass is 16.3. The van der Waals surface area contributed by atoms with Gasteiger partial charge in [-0.1, -0.05) is 12.2 Å². The first-order valence-corrected chi connectivity index (χ1v) is 4.13. The fourth-order valence-corrected chi connectivity index (χ4v) is 1.93. The van der Waals surface area contributed by atoms with Crippen molar-refractivity contribution in [3.8, 4) is 0 Å². The summed E-state index contributed by atoms with van der Waals surface area (Å²) >= 11 is 0. The van der Waals surface area contributed by atoms with Crippen molar-refractivity contribution < 1.29 is 4.42 Å². The van der Waals surface area contributed by atoms with Gasteiger partial charge in [0.25, 0.3) is 0 Å². The molecule has 56 valence electrons. The second-order valence-electron chi connectivity index (χ2n) is 3.54.